The number of hydrogen-bond acceptors (Lipinski definition) is 4. The average molecular weight is 282 g/mol. The predicted molar refractivity (Wildman–Crippen MR) is 68.4 cm³/mol. The third kappa shape index (κ3) is 2.17. The zero-order valence-electron chi connectivity index (χ0n) is 10.0. The minimum Gasteiger partial charge on any atom is -0.477 e. The van der Waals surface area contributed by atoms with Crippen LogP contribution in [0, 0.1) is 0 Å². The molecule has 6 nitrogen and oxygen atoms in total. The molecule has 1 unspecified atom stereocenters. The van der Waals surface area contributed by atoms with Crippen molar-refractivity contribution in [3.8, 4) is 0 Å². The number of carboxylic acids is 1. The van der Waals surface area contributed by atoms with E-state index >= 15 is 0 Å². The normalized spacial score (nSPS) is 18.5. The molecule has 0 aliphatic carbocycles. The highest BCUT2D eigenvalue weighted by Crippen LogP contribution is 2.21. The number of carbonyl (C=O) groups is 1. The van der Waals surface area contributed by atoms with Crippen LogP contribution in [0.1, 0.15) is 22.7 Å². The van der Waals surface area contributed by atoms with Gasteiger partial charge >= 0.3 is 5.97 Å². The van der Waals surface area contributed by atoms with Crippen LogP contribution < -0.4 is 0 Å². The largest absolute Gasteiger partial charge is 0.477 e. The lowest BCUT2D eigenvalue weighted by molar-refractivity contribution is -0.0590. The first-order valence-corrected chi connectivity index (χ1v) is 6.49. The maximum Gasteiger partial charge on any atom is 0.354 e. The molecule has 1 aliphatic heterocycles. The van der Waals surface area contributed by atoms with Gasteiger partial charge in [-0.25, -0.2) is 14.8 Å². The SMILES string of the molecule is O=C(O)c1ccc2nc(CCl)n(CC3CCO3)c2n1. The van der Waals surface area contributed by atoms with Gasteiger partial charge in [0.15, 0.2) is 11.3 Å². The summed E-state index contributed by atoms with van der Waals surface area (Å²) in [6.45, 7) is 1.37. The first kappa shape index (κ1) is 12.4. The highest BCUT2D eigenvalue weighted by Gasteiger charge is 2.22. The Morgan fingerprint density at radius 2 is 2.32 bits per heavy atom. The third-order valence-corrected chi connectivity index (χ3v) is 3.43. The van der Waals surface area contributed by atoms with Gasteiger partial charge < -0.3 is 14.4 Å². The number of rotatable bonds is 4. The van der Waals surface area contributed by atoms with Crippen LogP contribution in [-0.2, 0) is 17.2 Å². The van der Waals surface area contributed by atoms with E-state index in [9.17, 15) is 4.79 Å². The number of nitrogens with zero attached hydrogens (tertiary/aromatic N) is 3. The molecule has 0 radical (unpaired) electrons. The first-order valence-electron chi connectivity index (χ1n) is 5.96. The summed E-state index contributed by atoms with van der Waals surface area (Å²) in [4.78, 5) is 19.5. The Labute approximate surface area is 114 Å². The summed E-state index contributed by atoms with van der Waals surface area (Å²) in [5, 5.41) is 9.00. The molecule has 1 fully saturated rings. The summed E-state index contributed by atoms with van der Waals surface area (Å²) >= 11 is 5.88. The van der Waals surface area contributed by atoms with Crippen molar-refractivity contribution >= 4 is 28.7 Å². The van der Waals surface area contributed by atoms with Crippen LogP contribution in [0.15, 0.2) is 12.1 Å². The molecule has 0 saturated carbocycles. The van der Waals surface area contributed by atoms with E-state index in [1.54, 1.807) is 6.07 Å². The quantitative estimate of drug-likeness (QED) is 0.863. The number of aromatic carboxylic acids is 1. The summed E-state index contributed by atoms with van der Waals surface area (Å²) in [7, 11) is 0. The Hall–Kier alpha value is -1.66. The molecule has 0 bridgehead atoms. The summed E-state index contributed by atoms with van der Waals surface area (Å²) in [5.41, 5.74) is 1.20. The Kier molecular flexibility index (Phi) is 3.12. The van der Waals surface area contributed by atoms with Crippen molar-refractivity contribution in [2.24, 2.45) is 0 Å². The lowest BCUT2D eigenvalue weighted by atomic mass is 10.2. The molecule has 7 heteroatoms. The number of ether oxygens (including phenoxy) is 1. The highest BCUT2D eigenvalue weighted by molar-refractivity contribution is 6.16. The fourth-order valence-corrected chi connectivity index (χ4v) is 2.30. The molecule has 1 atom stereocenters. The van der Waals surface area contributed by atoms with E-state index in [0.29, 0.717) is 23.5 Å². The molecule has 2 aromatic heterocycles. The maximum absolute atomic E-state index is 11.0. The lowest BCUT2D eigenvalue weighted by Crippen LogP contribution is -2.31. The van der Waals surface area contributed by atoms with Crippen molar-refractivity contribution in [1.82, 2.24) is 14.5 Å². The molecule has 1 aliphatic rings. The van der Waals surface area contributed by atoms with Crippen LogP contribution in [-0.4, -0.2) is 38.3 Å². The van der Waals surface area contributed by atoms with Crippen LogP contribution in [0.25, 0.3) is 11.2 Å². The van der Waals surface area contributed by atoms with Gasteiger partial charge in [0.1, 0.15) is 11.3 Å². The molecular formula is C12H12ClN3O3. The van der Waals surface area contributed by atoms with Crippen LogP contribution in [0.3, 0.4) is 0 Å². The number of carboxylic acid groups (broad SMARTS) is 1. The van der Waals surface area contributed by atoms with Crippen LogP contribution in [0.4, 0.5) is 0 Å². The second kappa shape index (κ2) is 4.79. The Balaban J connectivity index is 2.08. The highest BCUT2D eigenvalue weighted by atomic mass is 35.5. The predicted octanol–water partition coefficient (Wildman–Crippen LogP) is 1.66. The van der Waals surface area contributed by atoms with Gasteiger partial charge in [-0.2, -0.15) is 0 Å². The van der Waals surface area contributed by atoms with Gasteiger partial charge in [0, 0.05) is 6.61 Å². The fraction of sp³-hybridized carbons (Fsp3) is 0.417. The van der Waals surface area contributed by atoms with Gasteiger partial charge in [-0.05, 0) is 18.6 Å². The van der Waals surface area contributed by atoms with E-state index in [0.717, 1.165) is 13.0 Å². The van der Waals surface area contributed by atoms with Gasteiger partial charge in [-0.3, -0.25) is 0 Å². The number of hydrogen-bond donors (Lipinski definition) is 1. The van der Waals surface area contributed by atoms with E-state index in [1.807, 2.05) is 4.57 Å². The number of alkyl halides is 1. The van der Waals surface area contributed by atoms with Gasteiger partial charge in [0.2, 0.25) is 0 Å². The number of fused-ring (bicyclic) bond motifs is 1. The Morgan fingerprint density at radius 3 is 2.89 bits per heavy atom. The summed E-state index contributed by atoms with van der Waals surface area (Å²) in [6.07, 6.45) is 1.12. The van der Waals surface area contributed by atoms with Gasteiger partial charge in [0.05, 0.1) is 18.5 Å². The molecule has 0 spiro atoms. The monoisotopic (exact) mass is 281 g/mol. The second-order valence-electron chi connectivity index (χ2n) is 4.40. The van der Waals surface area contributed by atoms with Gasteiger partial charge in [-0.1, -0.05) is 0 Å². The Bertz CT molecular complexity index is 636. The zero-order chi connectivity index (χ0) is 13.4. The summed E-state index contributed by atoms with van der Waals surface area (Å²) in [5.74, 6) is -0.116. The molecule has 3 rings (SSSR count). The number of aromatic nitrogens is 3. The number of pyridine rings is 1. The van der Waals surface area contributed by atoms with Gasteiger partial charge in [0.25, 0.3) is 0 Å². The molecular weight excluding hydrogens is 270 g/mol. The number of halogens is 1. The molecule has 2 aromatic rings. The molecule has 100 valence electrons. The van der Waals surface area contributed by atoms with E-state index in [-0.39, 0.29) is 17.7 Å². The average Bonchev–Trinajstić information content (AvgIpc) is 2.70. The lowest BCUT2D eigenvalue weighted by Gasteiger charge is -2.27. The maximum atomic E-state index is 11.0. The summed E-state index contributed by atoms with van der Waals surface area (Å²) < 4.78 is 7.24. The zero-order valence-corrected chi connectivity index (χ0v) is 10.8. The molecule has 3 heterocycles. The molecule has 0 aromatic carbocycles. The van der Waals surface area contributed by atoms with Crippen molar-refractivity contribution in [3.05, 3.63) is 23.7 Å². The minimum absolute atomic E-state index is 0.00398. The summed E-state index contributed by atoms with van der Waals surface area (Å²) in [6, 6.07) is 3.10. The van der Waals surface area contributed by atoms with Crippen LogP contribution in [0.2, 0.25) is 0 Å². The molecule has 1 saturated heterocycles. The van der Waals surface area contributed by atoms with Crippen molar-refractivity contribution in [1.29, 1.82) is 0 Å². The Morgan fingerprint density at radius 1 is 1.53 bits per heavy atom. The van der Waals surface area contributed by atoms with E-state index < -0.39 is 5.97 Å². The minimum atomic E-state index is -1.05. The molecule has 1 N–H and O–H groups in total. The first-order chi connectivity index (χ1) is 9.19. The standard InChI is InChI=1S/C12H12ClN3O3/c13-5-10-14-8-1-2-9(12(17)18)15-11(8)16(10)6-7-3-4-19-7/h1-2,7H,3-6H2,(H,17,18). The number of imidazole rings is 1. The topological polar surface area (TPSA) is 77.2 Å². The van der Waals surface area contributed by atoms with Crippen molar-refractivity contribution in [2.75, 3.05) is 6.61 Å². The van der Waals surface area contributed by atoms with Crippen LogP contribution in [0.5, 0.6) is 0 Å². The van der Waals surface area contributed by atoms with Crippen molar-refractivity contribution in [2.45, 2.75) is 24.9 Å². The van der Waals surface area contributed by atoms with E-state index in [4.69, 9.17) is 21.4 Å². The van der Waals surface area contributed by atoms with Crippen molar-refractivity contribution in [3.63, 3.8) is 0 Å². The third-order valence-electron chi connectivity index (χ3n) is 3.19. The van der Waals surface area contributed by atoms with Gasteiger partial charge in [-0.15, -0.1) is 11.6 Å². The molecule has 0 amide bonds. The second-order valence-corrected chi connectivity index (χ2v) is 4.67. The van der Waals surface area contributed by atoms with Crippen LogP contribution >= 0.6 is 11.6 Å². The van der Waals surface area contributed by atoms with E-state index in [1.165, 1.54) is 6.07 Å². The molecule has 19 heavy (non-hydrogen) atoms. The fourth-order valence-electron chi connectivity index (χ4n) is 2.09. The van der Waals surface area contributed by atoms with E-state index in [2.05, 4.69) is 9.97 Å². The van der Waals surface area contributed by atoms with Crippen molar-refractivity contribution < 1.29 is 14.6 Å². The smallest absolute Gasteiger partial charge is 0.354 e.